The third kappa shape index (κ3) is 3.22. The molecule has 0 atom stereocenters. The fraction of sp³-hybridized carbons (Fsp3) is 0.409. The summed E-state index contributed by atoms with van der Waals surface area (Å²) in [4.78, 5) is 10.2. The van der Waals surface area contributed by atoms with Gasteiger partial charge in [-0.05, 0) is 67.0 Å². The van der Waals surface area contributed by atoms with Gasteiger partial charge >= 0.3 is 0 Å². The molecule has 2 aromatic heterocycles. The average Bonchev–Trinajstić information content (AvgIpc) is 3.18. The van der Waals surface area contributed by atoms with Crippen LogP contribution in [0, 0.1) is 0 Å². The van der Waals surface area contributed by atoms with E-state index in [4.69, 9.17) is 0 Å². The predicted octanol–water partition coefficient (Wildman–Crippen LogP) is 3.51. The summed E-state index contributed by atoms with van der Waals surface area (Å²) in [6.07, 6.45) is 7.61. The average molecular weight is 411 g/mol. The molecule has 2 aliphatic heterocycles. The van der Waals surface area contributed by atoms with Gasteiger partial charge in [-0.3, -0.25) is 0 Å². The number of H-pyrrole nitrogens is 1. The smallest absolute Gasteiger partial charge is 0.243 e. The number of hydrogen-bond acceptors (Lipinski definition) is 4. The van der Waals surface area contributed by atoms with Crippen LogP contribution in [0.2, 0.25) is 0 Å². The minimum Gasteiger partial charge on any atom is -0.374 e. The molecule has 1 fully saturated rings. The minimum atomic E-state index is -3.47. The number of nitrogens with zero attached hydrogens (tertiary/aromatic N) is 3. The Labute approximate surface area is 171 Å². The molecule has 0 unspecified atom stereocenters. The lowest BCUT2D eigenvalue weighted by Gasteiger charge is -2.32. The molecule has 152 valence electrons. The first-order valence-corrected chi connectivity index (χ1v) is 11.7. The van der Waals surface area contributed by atoms with Crippen molar-refractivity contribution in [1.29, 1.82) is 0 Å². The standard InChI is InChI=1S/C22H26N4O2S/c1-25-11-3-4-17-6-7-18(14-21(17)25)29(27,28)26-12-8-16(9-13-26)20-15-24-22-19(20)5-2-10-23-22/h2,5-7,10,14-16H,3-4,8-9,11-13H2,1H3,(H,23,24). The molecule has 4 heterocycles. The molecule has 6 nitrogen and oxygen atoms in total. The number of aryl methyl sites for hydroxylation is 1. The van der Waals surface area contributed by atoms with E-state index in [0.29, 0.717) is 23.9 Å². The van der Waals surface area contributed by atoms with Crippen LogP contribution in [0.1, 0.15) is 36.3 Å². The van der Waals surface area contributed by atoms with Crippen molar-refractivity contribution in [3.63, 3.8) is 0 Å². The Morgan fingerprint density at radius 1 is 1.14 bits per heavy atom. The number of aromatic amines is 1. The summed E-state index contributed by atoms with van der Waals surface area (Å²) in [5.41, 5.74) is 4.44. The van der Waals surface area contributed by atoms with E-state index in [1.165, 1.54) is 11.1 Å². The summed E-state index contributed by atoms with van der Waals surface area (Å²) in [5.74, 6) is 0.356. The van der Waals surface area contributed by atoms with E-state index in [9.17, 15) is 8.42 Å². The van der Waals surface area contributed by atoms with Crippen molar-refractivity contribution in [2.45, 2.75) is 36.5 Å². The normalized spacial score (nSPS) is 18.9. The molecule has 3 aromatic rings. The summed E-state index contributed by atoms with van der Waals surface area (Å²) in [5, 5.41) is 1.14. The van der Waals surface area contributed by atoms with E-state index in [-0.39, 0.29) is 0 Å². The highest BCUT2D eigenvalue weighted by atomic mass is 32.2. The van der Waals surface area contributed by atoms with Gasteiger partial charge in [0.15, 0.2) is 0 Å². The third-order valence-corrected chi connectivity index (χ3v) is 8.32. The van der Waals surface area contributed by atoms with E-state index < -0.39 is 10.0 Å². The summed E-state index contributed by atoms with van der Waals surface area (Å²) in [7, 11) is -1.43. The van der Waals surface area contributed by atoms with Crippen LogP contribution in [0.3, 0.4) is 0 Å². The molecule has 0 bridgehead atoms. The van der Waals surface area contributed by atoms with Crippen LogP contribution in [0.5, 0.6) is 0 Å². The summed E-state index contributed by atoms with van der Waals surface area (Å²) >= 11 is 0. The molecule has 1 aromatic carbocycles. The van der Waals surface area contributed by atoms with Crippen molar-refractivity contribution >= 4 is 26.7 Å². The van der Waals surface area contributed by atoms with Gasteiger partial charge in [-0.25, -0.2) is 13.4 Å². The van der Waals surface area contributed by atoms with Crippen molar-refractivity contribution in [2.24, 2.45) is 0 Å². The molecule has 1 saturated heterocycles. The molecular weight excluding hydrogens is 384 g/mol. The van der Waals surface area contributed by atoms with E-state index in [1.807, 2.05) is 31.4 Å². The first-order valence-electron chi connectivity index (χ1n) is 10.3. The highest BCUT2D eigenvalue weighted by molar-refractivity contribution is 7.89. The number of nitrogens with one attached hydrogen (secondary N) is 1. The fourth-order valence-corrected chi connectivity index (χ4v) is 6.26. The fourth-order valence-electron chi connectivity index (χ4n) is 4.77. The van der Waals surface area contributed by atoms with Gasteiger partial charge in [0, 0.05) is 50.1 Å². The van der Waals surface area contributed by atoms with Gasteiger partial charge in [-0.15, -0.1) is 0 Å². The minimum absolute atomic E-state index is 0.356. The summed E-state index contributed by atoms with van der Waals surface area (Å²) in [6.45, 7) is 2.07. The Balaban J connectivity index is 1.35. The van der Waals surface area contributed by atoms with E-state index in [1.54, 1.807) is 16.6 Å². The van der Waals surface area contributed by atoms with Gasteiger partial charge in [0.25, 0.3) is 0 Å². The van der Waals surface area contributed by atoms with Crippen molar-refractivity contribution in [2.75, 3.05) is 31.6 Å². The van der Waals surface area contributed by atoms with Crippen LogP contribution >= 0.6 is 0 Å². The second kappa shape index (κ2) is 7.15. The lowest BCUT2D eigenvalue weighted by Crippen LogP contribution is -2.38. The number of sulfonamides is 1. The number of fused-ring (bicyclic) bond motifs is 2. The lowest BCUT2D eigenvalue weighted by molar-refractivity contribution is 0.320. The Morgan fingerprint density at radius 2 is 1.97 bits per heavy atom. The van der Waals surface area contributed by atoms with Crippen LogP contribution in [0.25, 0.3) is 11.0 Å². The SMILES string of the molecule is CN1CCCc2ccc(S(=O)(=O)N3CCC(c4c[nH]c5ncccc45)CC3)cc21. The van der Waals surface area contributed by atoms with E-state index >= 15 is 0 Å². The van der Waals surface area contributed by atoms with Crippen molar-refractivity contribution in [1.82, 2.24) is 14.3 Å². The number of benzene rings is 1. The molecule has 0 saturated carbocycles. The lowest BCUT2D eigenvalue weighted by atomic mass is 9.90. The highest BCUT2D eigenvalue weighted by Crippen LogP contribution is 2.35. The Kier molecular flexibility index (Phi) is 4.59. The zero-order valence-corrected chi connectivity index (χ0v) is 17.5. The van der Waals surface area contributed by atoms with Crippen molar-refractivity contribution in [3.05, 3.63) is 53.9 Å². The van der Waals surface area contributed by atoms with Gasteiger partial charge in [0.2, 0.25) is 10.0 Å². The maximum Gasteiger partial charge on any atom is 0.243 e. The molecular formula is C22H26N4O2S. The van der Waals surface area contributed by atoms with Gasteiger partial charge < -0.3 is 9.88 Å². The van der Waals surface area contributed by atoms with Crippen LogP contribution in [0.15, 0.2) is 47.6 Å². The Hall–Kier alpha value is -2.38. The predicted molar refractivity (Wildman–Crippen MR) is 115 cm³/mol. The number of aromatic nitrogens is 2. The van der Waals surface area contributed by atoms with Crippen LogP contribution in [-0.2, 0) is 16.4 Å². The highest BCUT2D eigenvalue weighted by Gasteiger charge is 2.31. The summed E-state index contributed by atoms with van der Waals surface area (Å²) in [6, 6.07) is 9.67. The number of piperidine rings is 1. The third-order valence-electron chi connectivity index (χ3n) is 6.42. The monoisotopic (exact) mass is 410 g/mol. The van der Waals surface area contributed by atoms with Gasteiger partial charge in [-0.1, -0.05) is 6.07 Å². The Morgan fingerprint density at radius 3 is 2.79 bits per heavy atom. The first kappa shape index (κ1) is 18.6. The first-order chi connectivity index (χ1) is 14.0. The molecule has 0 amide bonds. The molecule has 1 N–H and O–H groups in total. The second-order valence-corrected chi connectivity index (χ2v) is 10.1. The quantitative estimate of drug-likeness (QED) is 0.717. The maximum atomic E-state index is 13.3. The summed E-state index contributed by atoms with van der Waals surface area (Å²) < 4.78 is 28.2. The maximum absolute atomic E-state index is 13.3. The molecule has 7 heteroatoms. The van der Waals surface area contributed by atoms with Crippen molar-refractivity contribution < 1.29 is 8.42 Å². The topological polar surface area (TPSA) is 69.3 Å². The number of hydrogen-bond donors (Lipinski definition) is 1. The van der Waals surface area contributed by atoms with Crippen LogP contribution < -0.4 is 4.90 Å². The number of anilines is 1. The second-order valence-electron chi connectivity index (χ2n) is 8.14. The number of rotatable bonds is 3. The Bertz CT molecular complexity index is 1150. The molecule has 0 spiro atoms. The number of pyridine rings is 1. The zero-order chi connectivity index (χ0) is 20.0. The van der Waals surface area contributed by atoms with Gasteiger partial charge in [0.1, 0.15) is 5.65 Å². The van der Waals surface area contributed by atoms with Crippen LogP contribution in [-0.4, -0.2) is 49.4 Å². The molecule has 29 heavy (non-hydrogen) atoms. The molecule has 0 aliphatic carbocycles. The van der Waals surface area contributed by atoms with E-state index in [2.05, 4.69) is 20.9 Å². The van der Waals surface area contributed by atoms with Crippen molar-refractivity contribution in [3.8, 4) is 0 Å². The largest absolute Gasteiger partial charge is 0.374 e. The zero-order valence-electron chi connectivity index (χ0n) is 16.6. The van der Waals surface area contributed by atoms with E-state index in [0.717, 1.165) is 48.9 Å². The molecule has 5 rings (SSSR count). The van der Waals surface area contributed by atoms with Crippen LogP contribution in [0.4, 0.5) is 5.69 Å². The van der Waals surface area contributed by atoms with Gasteiger partial charge in [0.05, 0.1) is 4.90 Å². The molecule has 2 aliphatic rings. The molecule has 0 radical (unpaired) electrons. The van der Waals surface area contributed by atoms with Gasteiger partial charge in [-0.2, -0.15) is 4.31 Å².